The van der Waals surface area contributed by atoms with Crippen molar-refractivity contribution >= 4 is 192 Å². The lowest BCUT2D eigenvalue weighted by atomic mass is 9.58. The van der Waals surface area contributed by atoms with Crippen LogP contribution in [0.2, 0.25) is 0 Å². The highest BCUT2D eigenvalue weighted by atomic mass is 16.3. The molecular formula is C39H38B12N2O3. The maximum atomic E-state index is 11.5. The molecular weight excluding hydrogens is 674 g/mol. The molecule has 5 nitrogen and oxygen atoms in total. The molecule has 0 amide bonds. The van der Waals surface area contributed by atoms with Crippen LogP contribution in [0.25, 0.3) is 71.9 Å². The summed E-state index contributed by atoms with van der Waals surface area (Å²) in [5.41, 5.74) is 21.9. The summed E-state index contributed by atoms with van der Waals surface area (Å²) < 4.78 is 1.92. The highest BCUT2D eigenvalue weighted by Crippen LogP contribution is 2.44. The van der Waals surface area contributed by atoms with Crippen molar-refractivity contribution in [2.45, 2.75) is 0 Å². The molecule has 8 aromatic rings. The highest BCUT2D eigenvalue weighted by molar-refractivity contribution is 6.70. The largest absolute Gasteiger partial charge is 0.505 e. The smallest absolute Gasteiger partial charge is 0.201 e. The molecule has 0 aliphatic heterocycles. The summed E-state index contributed by atoms with van der Waals surface area (Å²) in [6.45, 7) is 0. The molecule has 0 aliphatic carbocycles. The lowest BCUT2D eigenvalue weighted by Crippen LogP contribution is -2.55. The summed E-state index contributed by atoms with van der Waals surface area (Å²) in [5, 5.41) is 37.9. The van der Waals surface area contributed by atoms with Crippen molar-refractivity contribution in [2.75, 3.05) is 0 Å². The number of fused-ring (bicyclic) bond motifs is 3. The Morgan fingerprint density at radius 2 is 0.839 bits per heavy atom. The number of nitrogens with zero attached hydrogens (tertiary/aromatic N) is 2. The third kappa shape index (κ3) is 5.22. The second-order valence-corrected chi connectivity index (χ2v) is 16.0. The zero-order chi connectivity index (χ0) is 40.2. The molecule has 56 heavy (non-hydrogen) atoms. The summed E-state index contributed by atoms with van der Waals surface area (Å²) in [5.74, 6) is -0.645. The van der Waals surface area contributed by atoms with Crippen molar-refractivity contribution in [3.63, 3.8) is 0 Å². The second kappa shape index (κ2) is 13.4. The average molecular weight is 712 g/mol. The first-order chi connectivity index (χ1) is 26.6. The zero-order valence-electron chi connectivity index (χ0n) is 34.6. The first-order valence-corrected chi connectivity index (χ1v) is 19.4. The van der Waals surface area contributed by atoms with Gasteiger partial charge in [0.1, 0.15) is 100.0 Å². The third-order valence-corrected chi connectivity index (χ3v) is 13.5. The van der Waals surface area contributed by atoms with Gasteiger partial charge in [-0.15, -0.1) is 32.8 Å². The fourth-order valence-electron chi connectivity index (χ4n) is 9.26. The van der Waals surface area contributed by atoms with Crippen molar-refractivity contribution in [1.82, 2.24) is 9.55 Å². The molecule has 0 radical (unpaired) electrons. The summed E-state index contributed by atoms with van der Waals surface area (Å²) in [7, 11) is 26.1. The molecule has 0 bridgehead atoms. The molecule has 7 aromatic carbocycles. The standard InChI is InChI=1S/C39H38B12N2O3/c40-23-21(24(41)28(45)31(48)27(23)44)19-13-5-1-2-6-14(13)20(22-25(42)29(46)32(49)30(47)26(22)43)16-11-12(9-10-15(16)19)39-52-17-7-3-4-8-18(17)53(39)35-33(50)34(51)36(54)38(56)37(35)55/h1-11,54-56H,40-51H2. The number of aromatic hydroxyl groups is 3. The van der Waals surface area contributed by atoms with Crippen LogP contribution in [0.1, 0.15) is 0 Å². The van der Waals surface area contributed by atoms with Crippen molar-refractivity contribution < 1.29 is 15.3 Å². The quantitative estimate of drug-likeness (QED) is 0.0964. The molecule has 17 heteroatoms. The first-order valence-electron chi connectivity index (χ1n) is 19.4. The van der Waals surface area contributed by atoms with E-state index in [2.05, 4.69) is 121 Å². The number of phenols is 3. The van der Waals surface area contributed by atoms with E-state index in [1.807, 2.05) is 36.7 Å². The molecule has 0 saturated heterocycles. The minimum Gasteiger partial charge on any atom is -0.505 e. The van der Waals surface area contributed by atoms with E-state index in [4.69, 9.17) is 4.98 Å². The maximum Gasteiger partial charge on any atom is 0.201 e. The van der Waals surface area contributed by atoms with E-state index >= 15 is 0 Å². The predicted octanol–water partition coefficient (Wildman–Crippen LogP) is -11.4. The van der Waals surface area contributed by atoms with E-state index in [0.717, 1.165) is 27.4 Å². The summed E-state index contributed by atoms with van der Waals surface area (Å²) in [6, 6.07) is 23.4. The molecule has 0 fully saturated rings. The molecule has 258 valence electrons. The van der Waals surface area contributed by atoms with Gasteiger partial charge in [0, 0.05) is 5.56 Å². The Bertz CT molecular complexity index is 2970. The van der Waals surface area contributed by atoms with Crippen LogP contribution in [0.5, 0.6) is 17.2 Å². The number of benzene rings is 7. The second-order valence-electron chi connectivity index (χ2n) is 16.0. The predicted molar refractivity (Wildman–Crippen MR) is 276 cm³/mol. The van der Waals surface area contributed by atoms with Crippen LogP contribution >= 0.6 is 0 Å². The first kappa shape index (κ1) is 37.6. The SMILES string of the molecule is Bc1c(B)c(B)c(-c2c3ccccc3c(-c3c(B)c(B)c(B)c(B)c3B)c3cc(-c4nc5ccccc5n4-c4c(B)c(B)c(O)c(O)c4O)ccc23)c(B)c1B. The molecule has 0 atom stereocenters. The topological polar surface area (TPSA) is 78.5 Å². The molecule has 1 aromatic heterocycles. The van der Waals surface area contributed by atoms with E-state index < -0.39 is 11.5 Å². The van der Waals surface area contributed by atoms with Gasteiger partial charge in [-0.1, -0.05) is 75.8 Å². The van der Waals surface area contributed by atoms with Crippen LogP contribution in [0, 0.1) is 0 Å². The number of phenolic OH excluding ortho intramolecular Hbond substituents is 3. The van der Waals surface area contributed by atoms with Crippen LogP contribution in [0.3, 0.4) is 0 Å². The lowest BCUT2D eigenvalue weighted by molar-refractivity contribution is 0.369. The van der Waals surface area contributed by atoms with Gasteiger partial charge in [0.2, 0.25) is 5.75 Å². The Labute approximate surface area is 339 Å². The van der Waals surface area contributed by atoms with Gasteiger partial charge in [-0.3, -0.25) is 4.57 Å². The van der Waals surface area contributed by atoms with Gasteiger partial charge < -0.3 is 15.3 Å². The van der Waals surface area contributed by atoms with Gasteiger partial charge in [0.05, 0.1) is 16.7 Å². The Hall–Kier alpha value is -5.29. The normalized spacial score (nSPS) is 11.6. The Morgan fingerprint density at radius 3 is 1.38 bits per heavy atom. The van der Waals surface area contributed by atoms with Crippen molar-refractivity contribution in [3.8, 4) is 56.6 Å². The fraction of sp³-hybridized carbons (Fsp3) is 0. The van der Waals surface area contributed by atoms with E-state index in [-0.39, 0.29) is 5.75 Å². The number of imidazole rings is 1. The number of hydrogen-bond acceptors (Lipinski definition) is 4. The van der Waals surface area contributed by atoms with Crippen LogP contribution in [-0.4, -0.2) is 119 Å². The number of aromatic nitrogens is 2. The minimum absolute atomic E-state index is 0.328. The van der Waals surface area contributed by atoms with Crippen molar-refractivity contribution in [3.05, 3.63) is 66.7 Å². The highest BCUT2D eigenvalue weighted by Gasteiger charge is 2.27. The van der Waals surface area contributed by atoms with Gasteiger partial charge in [-0.05, 0) is 67.5 Å². The van der Waals surface area contributed by atoms with Gasteiger partial charge in [-0.2, -0.15) is 0 Å². The fourth-order valence-corrected chi connectivity index (χ4v) is 9.26. The van der Waals surface area contributed by atoms with Gasteiger partial charge in [0.25, 0.3) is 0 Å². The molecule has 1 heterocycles. The molecule has 0 spiro atoms. The minimum atomic E-state index is -0.547. The number of rotatable bonds is 4. The van der Waals surface area contributed by atoms with Gasteiger partial charge in [0.15, 0.2) is 11.5 Å². The van der Waals surface area contributed by atoms with Crippen molar-refractivity contribution in [1.29, 1.82) is 0 Å². The maximum absolute atomic E-state index is 11.5. The third-order valence-electron chi connectivity index (χ3n) is 13.5. The lowest BCUT2D eigenvalue weighted by Gasteiger charge is -2.27. The zero-order valence-corrected chi connectivity index (χ0v) is 34.6. The van der Waals surface area contributed by atoms with E-state index in [9.17, 15) is 15.3 Å². The van der Waals surface area contributed by atoms with Crippen LogP contribution in [0.15, 0.2) is 66.7 Å². The molecule has 8 rings (SSSR count). The molecule has 0 unspecified atom stereocenters. The van der Waals surface area contributed by atoms with Gasteiger partial charge >= 0.3 is 0 Å². The summed E-state index contributed by atoms with van der Waals surface area (Å²) in [4.78, 5) is 5.22. The Balaban J connectivity index is 1.60. The van der Waals surface area contributed by atoms with Gasteiger partial charge in [-0.25, -0.2) is 4.98 Å². The summed E-state index contributed by atoms with van der Waals surface area (Å²) in [6.07, 6.45) is 0. The van der Waals surface area contributed by atoms with E-state index in [1.54, 1.807) is 7.85 Å². The Kier molecular flexibility index (Phi) is 9.02. The number of para-hydroxylation sites is 2. The Morgan fingerprint density at radius 1 is 0.393 bits per heavy atom. The summed E-state index contributed by atoms with van der Waals surface area (Å²) >= 11 is 0. The molecule has 0 aliphatic rings. The number of hydrogen-bond donors (Lipinski definition) is 3. The monoisotopic (exact) mass is 714 g/mol. The van der Waals surface area contributed by atoms with Crippen LogP contribution in [0.4, 0.5) is 0 Å². The van der Waals surface area contributed by atoms with E-state index in [1.165, 1.54) is 87.7 Å². The van der Waals surface area contributed by atoms with Crippen LogP contribution < -0.4 is 65.6 Å². The van der Waals surface area contributed by atoms with Crippen molar-refractivity contribution in [2.24, 2.45) is 0 Å². The molecule has 0 saturated carbocycles. The average Bonchev–Trinajstić information content (AvgIpc) is 3.58. The molecule has 3 N–H and O–H groups in total. The van der Waals surface area contributed by atoms with Crippen LogP contribution in [-0.2, 0) is 0 Å². The van der Waals surface area contributed by atoms with E-state index in [0.29, 0.717) is 22.4 Å².